The van der Waals surface area contributed by atoms with Crippen LogP contribution in [0.2, 0.25) is 0 Å². The highest BCUT2D eigenvalue weighted by atomic mass is 32.1. The molecule has 0 aliphatic carbocycles. The number of nitrogens with zero attached hydrogens (tertiary/aromatic N) is 2. The summed E-state index contributed by atoms with van der Waals surface area (Å²) >= 11 is 5.48. The minimum absolute atomic E-state index is 0.108. The van der Waals surface area contributed by atoms with Crippen LogP contribution in [0.4, 0.5) is 15.8 Å². The average molecular weight is 410 g/mol. The monoisotopic (exact) mass is 410 g/mol. The van der Waals surface area contributed by atoms with E-state index in [0.29, 0.717) is 11.3 Å². The highest BCUT2D eigenvalue weighted by Gasteiger charge is 2.25. The summed E-state index contributed by atoms with van der Waals surface area (Å²) in [6.45, 7) is 1.62. The second kappa shape index (κ2) is 8.57. The molecule has 1 heterocycles. The van der Waals surface area contributed by atoms with E-state index in [2.05, 4.69) is 5.32 Å². The van der Waals surface area contributed by atoms with Crippen molar-refractivity contribution in [3.05, 3.63) is 100 Å². The van der Waals surface area contributed by atoms with E-state index in [1.54, 1.807) is 54.2 Å². The van der Waals surface area contributed by atoms with Crippen LogP contribution in [-0.4, -0.2) is 15.0 Å². The zero-order chi connectivity index (χ0) is 21.0. The summed E-state index contributed by atoms with van der Waals surface area (Å²) in [5.41, 5.74) is 1.38. The summed E-state index contributed by atoms with van der Waals surface area (Å²) in [5.74, 6) is -0.617. The van der Waals surface area contributed by atoms with Gasteiger partial charge in [-0.25, -0.2) is 4.39 Å². The summed E-state index contributed by atoms with van der Waals surface area (Å²) < 4.78 is 14.8. The largest absolute Gasteiger partial charge is 0.502 e. The van der Waals surface area contributed by atoms with Crippen LogP contribution in [-0.2, 0) is 0 Å². The van der Waals surface area contributed by atoms with Crippen LogP contribution < -0.4 is 9.88 Å². The third-order valence-corrected chi connectivity index (χ3v) is 4.49. The van der Waals surface area contributed by atoms with Gasteiger partial charge >= 0.3 is 0 Å². The highest BCUT2D eigenvalue weighted by molar-refractivity contribution is 7.81. The molecule has 0 aliphatic heterocycles. The Morgan fingerprint density at radius 1 is 1.14 bits per heavy atom. The molecule has 0 saturated heterocycles. The molecular weight excluding hydrogens is 393 g/mol. The number of thiocarbonyl (C=S) groups is 1. The molecule has 0 bridgehead atoms. The lowest BCUT2D eigenvalue weighted by Crippen LogP contribution is -2.38. The molecule has 0 unspecified atom stereocenters. The second-order valence-corrected chi connectivity index (χ2v) is 6.61. The van der Waals surface area contributed by atoms with E-state index in [9.17, 15) is 19.6 Å². The molecule has 0 aliphatic rings. The Kier molecular flexibility index (Phi) is 5.94. The van der Waals surface area contributed by atoms with Crippen molar-refractivity contribution in [1.82, 2.24) is 0 Å². The van der Waals surface area contributed by atoms with Crippen LogP contribution in [0.3, 0.4) is 0 Å². The number of anilines is 1. The molecule has 0 amide bonds. The van der Waals surface area contributed by atoms with Gasteiger partial charge in [-0.15, -0.1) is 0 Å². The quantitative estimate of drug-likeness (QED) is 0.160. The molecule has 6 nitrogen and oxygen atoms in total. The maximum absolute atomic E-state index is 13.2. The first kappa shape index (κ1) is 20.1. The molecular formula is C21H17FN3O3S+. The van der Waals surface area contributed by atoms with Crippen LogP contribution in [0.5, 0.6) is 0 Å². The first-order chi connectivity index (χ1) is 13.9. The summed E-state index contributed by atoms with van der Waals surface area (Å²) in [7, 11) is 0. The first-order valence-corrected chi connectivity index (χ1v) is 9.00. The maximum Gasteiger partial charge on any atom is 0.288 e. The second-order valence-electron chi connectivity index (χ2n) is 6.20. The number of rotatable bonds is 5. The van der Waals surface area contributed by atoms with Crippen molar-refractivity contribution in [2.75, 3.05) is 5.32 Å². The lowest BCUT2D eigenvalue weighted by molar-refractivity contribution is -0.575. The Hall–Kier alpha value is -3.65. The van der Waals surface area contributed by atoms with E-state index in [0.717, 1.165) is 0 Å². The minimum Gasteiger partial charge on any atom is -0.502 e. The number of aliphatic hydroxyl groups excluding tert-OH is 1. The van der Waals surface area contributed by atoms with Gasteiger partial charge in [0.05, 0.1) is 4.92 Å². The van der Waals surface area contributed by atoms with Crippen molar-refractivity contribution in [3.8, 4) is 0 Å². The van der Waals surface area contributed by atoms with Crippen molar-refractivity contribution in [2.45, 2.75) is 6.92 Å². The Bertz CT molecular complexity index is 1100. The normalized spacial score (nSPS) is 11.5. The summed E-state index contributed by atoms with van der Waals surface area (Å²) in [5, 5.41) is 25.2. The van der Waals surface area contributed by atoms with Crippen LogP contribution >= 0.6 is 12.2 Å². The van der Waals surface area contributed by atoms with Crippen LogP contribution in [0.25, 0.3) is 11.5 Å². The summed E-state index contributed by atoms with van der Waals surface area (Å²) in [4.78, 5) is 10.9. The number of aryl methyl sites for hydroxylation is 1. The Balaban J connectivity index is 2.10. The number of benzene rings is 2. The molecule has 3 aromatic rings. The zero-order valence-corrected chi connectivity index (χ0v) is 16.2. The van der Waals surface area contributed by atoms with E-state index in [1.165, 1.54) is 30.3 Å². The number of hydrogen-bond acceptors (Lipinski definition) is 4. The van der Waals surface area contributed by atoms with Gasteiger partial charge in [0.15, 0.2) is 23.1 Å². The molecule has 0 fully saturated rings. The SMILES string of the molecule is Cc1ccc(/C(O)=C(\C(=S)Nc2ccc(F)cc2)[n+]2ccccc2)cc1[N+](=O)[O-]. The third kappa shape index (κ3) is 4.61. The molecule has 1 aromatic heterocycles. The van der Waals surface area contributed by atoms with Gasteiger partial charge in [0.1, 0.15) is 5.82 Å². The van der Waals surface area contributed by atoms with Crippen LogP contribution in [0.15, 0.2) is 73.1 Å². The van der Waals surface area contributed by atoms with Gasteiger partial charge in [-0.2, -0.15) is 4.57 Å². The van der Waals surface area contributed by atoms with Crippen molar-refractivity contribution >= 4 is 40.0 Å². The van der Waals surface area contributed by atoms with Gasteiger partial charge in [0.25, 0.3) is 11.4 Å². The van der Waals surface area contributed by atoms with E-state index in [-0.39, 0.29) is 33.5 Å². The minimum atomic E-state index is -0.503. The number of pyridine rings is 1. The lowest BCUT2D eigenvalue weighted by Gasteiger charge is -2.10. The fourth-order valence-corrected chi connectivity index (χ4v) is 3.03. The van der Waals surface area contributed by atoms with Crippen molar-refractivity contribution < 1.29 is 19.0 Å². The number of nitro benzene ring substituents is 1. The average Bonchev–Trinajstić information content (AvgIpc) is 2.70. The molecule has 146 valence electrons. The fraction of sp³-hybridized carbons (Fsp3) is 0.0476. The molecule has 0 spiro atoms. The van der Waals surface area contributed by atoms with E-state index < -0.39 is 4.92 Å². The number of aromatic nitrogens is 1. The van der Waals surface area contributed by atoms with Gasteiger partial charge in [-0.05, 0) is 31.2 Å². The number of aliphatic hydroxyl groups is 1. The van der Waals surface area contributed by atoms with E-state index >= 15 is 0 Å². The molecule has 3 rings (SSSR count). The molecule has 29 heavy (non-hydrogen) atoms. The van der Waals surface area contributed by atoms with Crippen molar-refractivity contribution in [2.24, 2.45) is 0 Å². The van der Waals surface area contributed by atoms with Crippen molar-refractivity contribution in [1.29, 1.82) is 0 Å². The Labute approximate surface area is 171 Å². The first-order valence-electron chi connectivity index (χ1n) is 8.59. The highest BCUT2D eigenvalue weighted by Crippen LogP contribution is 2.25. The number of nitrogens with one attached hydrogen (secondary N) is 1. The van der Waals surface area contributed by atoms with Gasteiger partial charge in [0.2, 0.25) is 0 Å². The molecule has 0 radical (unpaired) electrons. The Morgan fingerprint density at radius 2 is 1.79 bits per heavy atom. The summed E-state index contributed by atoms with van der Waals surface area (Å²) in [6.07, 6.45) is 3.37. The van der Waals surface area contributed by atoms with Gasteiger partial charge in [0, 0.05) is 35.0 Å². The van der Waals surface area contributed by atoms with Crippen molar-refractivity contribution in [3.63, 3.8) is 0 Å². The van der Waals surface area contributed by atoms with Gasteiger partial charge < -0.3 is 10.4 Å². The summed E-state index contributed by atoms with van der Waals surface area (Å²) in [6, 6.07) is 15.4. The van der Waals surface area contributed by atoms with E-state index in [4.69, 9.17) is 12.2 Å². The lowest BCUT2D eigenvalue weighted by atomic mass is 10.1. The maximum atomic E-state index is 13.2. The zero-order valence-electron chi connectivity index (χ0n) is 15.4. The van der Waals surface area contributed by atoms with E-state index in [1.807, 2.05) is 0 Å². The standard InChI is InChI=1S/C21H16FN3O3S/c1-14-5-6-15(13-18(14)25(27)28)20(26)19(24-11-3-2-4-12-24)21(29)23-17-9-7-16(22)8-10-17/h2-13H,1H3,(H-,23,26,29)/p+1. The van der Waals surface area contributed by atoms with Crippen LogP contribution in [0.1, 0.15) is 11.1 Å². The number of hydrogen-bond donors (Lipinski definition) is 2. The molecule has 0 atom stereocenters. The topological polar surface area (TPSA) is 79.3 Å². The third-order valence-electron chi connectivity index (χ3n) is 4.19. The molecule has 2 N–H and O–H groups in total. The number of nitro groups is 1. The predicted molar refractivity (Wildman–Crippen MR) is 113 cm³/mol. The fourth-order valence-electron chi connectivity index (χ4n) is 2.71. The van der Waals surface area contributed by atoms with Gasteiger partial charge in [-0.1, -0.05) is 30.4 Å². The number of halogens is 1. The Morgan fingerprint density at radius 3 is 2.41 bits per heavy atom. The molecule has 0 saturated carbocycles. The molecule has 2 aromatic carbocycles. The molecule has 8 heteroatoms. The van der Waals surface area contributed by atoms with Crippen LogP contribution in [0, 0.1) is 22.9 Å². The van der Waals surface area contributed by atoms with Gasteiger partial charge in [-0.3, -0.25) is 10.1 Å². The predicted octanol–water partition coefficient (Wildman–Crippen LogP) is 4.65. The smallest absolute Gasteiger partial charge is 0.288 e.